The quantitative estimate of drug-likeness (QED) is 0.802. The number of morpholine rings is 1. The first-order chi connectivity index (χ1) is 11.3. The van der Waals surface area contributed by atoms with Gasteiger partial charge in [-0.3, -0.25) is 4.90 Å². The van der Waals surface area contributed by atoms with Crippen LogP contribution < -0.4 is 0 Å². The van der Waals surface area contributed by atoms with Crippen LogP contribution >= 0.6 is 0 Å². The number of hydrogen-bond donors (Lipinski definition) is 0. The van der Waals surface area contributed by atoms with Crippen LogP contribution in [0.1, 0.15) is 31.7 Å². The molecule has 0 N–H and O–H groups in total. The summed E-state index contributed by atoms with van der Waals surface area (Å²) >= 11 is 0. The molecule has 2 heterocycles. The molecular formula is C20H32N2O. The van der Waals surface area contributed by atoms with Crippen LogP contribution in [-0.4, -0.2) is 61.8 Å². The van der Waals surface area contributed by atoms with Crippen LogP contribution in [0.5, 0.6) is 0 Å². The Morgan fingerprint density at radius 3 is 2.48 bits per heavy atom. The number of aryl methyl sites for hydroxylation is 1. The SMILES string of the molecule is C[C@@H]1CN(CCN2CCC(CCc3ccccc3)CC2)CCO1. The molecule has 3 heteroatoms. The van der Waals surface area contributed by atoms with Gasteiger partial charge in [-0.2, -0.15) is 0 Å². The normalized spacial score (nSPS) is 24.8. The molecule has 3 rings (SSSR count). The fourth-order valence-corrected chi connectivity index (χ4v) is 3.89. The molecule has 0 radical (unpaired) electrons. The zero-order chi connectivity index (χ0) is 15.9. The number of likely N-dealkylation sites (tertiary alicyclic amines) is 1. The summed E-state index contributed by atoms with van der Waals surface area (Å²) in [5, 5.41) is 0. The Balaban J connectivity index is 1.31. The van der Waals surface area contributed by atoms with Crippen molar-refractivity contribution in [1.29, 1.82) is 0 Å². The Kier molecular flexibility index (Phi) is 6.49. The van der Waals surface area contributed by atoms with Crippen molar-refractivity contribution in [2.75, 3.05) is 45.9 Å². The van der Waals surface area contributed by atoms with Gasteiger partial charge in [-0.05, 0) is 57.2 Å². The van der Waals surface area contributed by atoms with Crippen LogP contribution in [-0.2, 0) is 11.2 Å². The molecule has 23 heavy (non-hydrogen) atoms. The molecule has 2 saturated heterocycles. The van der Waals surface area contributed by atoms with Crippen LogP contribution in [0.3, 0.4) is 0 Å². The summed E-state index contributed by atoms with van der Waals surface area (Å²) in [6.45, 7) is 10.3. The molecule has 0 aromatic heterocycles. The molecule has 2 fully saturated rings. The molecule has 1 aromatic rings. The molecule has 0 amide bonds. The standard InChI is InChI=1S/C20H32N2O/c1-18-17-22(15-16-23-18)14-13-21-11-9-20(10-12-21)8-7-19-5-3-2-4-6-19/h2-6,18,20H,7-17H2,1H3/t18-/m1/s1. The lowest BCUT2D eigenvalue weighted by atomic mass is 9.90. The molecule has 3 nitrogen and oxygen atoms in total. The van der Waals surface area contributed by atoms with Gasteiger partial charge < -0.3 is 9.64 Å². The van der Waals surface area contributed by atoms with Gasteiger partial charge in [0.25, 0.3) is 0 Å². The average molecular weight is 316 g/mol. The van der Waals surface area contributed by atoms with Crippen LogP contribution in [0.25, 0.3) is 0 Å². The minimum absolute atomic E-state index is 0.410. The topological polar surface area (TPSA) is 15.7 Å². The maximum Gasteiger partial charge on any atom is 0.0674 e. The average Bonchev–Trinajstić information content (AvgIpc) is 2.60. The van der Waals surface area contributed by atoms with E-state index in [2.05, 4.69) is 47.1 Å². The number of hydrogen-bond acceptors (Lipinski definition) is 3. The van der Waals surface area contributed by atoms with Crippen molar-refractivity contribution in [3.63, 3.8) is 0 Å². The molecule has 0 saturated carbocycles. The van der Waals surface area contributed by atoms with Crippen molar-refractivity contribution in [3.05, 3.63) is 35.9 Å². The van der Waals surface area contributed by atoms with Crippen molar-refractivity contribution in [2.45, 2.75) is 38.7 Å². The van der Waals surface area contributed by atoms with Gasteiger partial charge in [0.1, 0.15) is 0 Å². The Labute approximate surface area is 141 Å². The molecule has 0 spiro atoms. The summed E-state index contributed by atoms with van der Waals surface area (Å²) in [7, 11) is 0. The smallest absolute Gasteiger partial charge is 0.0674 e. The zero-order valence-electron chi connectivity index (χ0n) is 14.6. The van der Waals surface area contributed by atoms with Crippen molar-refractivity contribution in [2.24, 2.45) is 5.92 Å². The van der Waals surface area contributed by atoms with Crippen LogP contribution in [0.2, 0.25) is 0 Å². The Bertz CT molecular complexity index is 442. The van der Waals surface area contributed by atoms with Crippen LogP contribution in [0.15, 0.2) is 30.3 Å². The van der Waals surface area contributed by atoms with E-state index in [9.17, 15) is 0 Å². The molecule has 128 valence electrons. The summed E-state index contributed by atoms with van der Waals surface area (Å²) in [5.41, 5.74) is 1.50. The number of rotatable bonds is 6. The lowest BCUT2D eigenvalue weighted by Gasteiger charge is -2.35. The first-order valence-electron chi connectivity index (χ1n) is 9.40. The second kappa shape index (κ2) is 8.81. The molecule has 1 aromatic carbocycles. The van der Waals surface area contributed by atoms with E-state index in [1.807, 2.05) is 0 Å². The van der Waals surface area contributed by atoms with Crippen molar-refractivity contribution in [1.82, 2.24) is 9.80 Å². The van der Waals surface area contributed by atoms with E-state index in [1.54, 1.807) is 0 Å². The van der Waals surface area contributed by atoms with Gasteiger partial charge in [-0.1, -0.05) is 30.3 Å². The largest absolute Gasteiger partial charge is 0.376 e. The predicted octanol–water partition coefficient (Wildman–Crippen LogP) is 3.05. The summed E-state index contributed by atoms with van der Waals surface area (Å²) in [5.74, 6) is 0.926. The van der Waals surface area contributed by atoms with E-state index < -0.39 is 0 Å². The second-order valence-electron chi connectivity index (χ2n) is 7.29. The van der Waals surface area contributed by atoms with Gasteiger partial charge in [-0.15, -0.1) is 0 Å². The molecule has 2 aliphatic heterocycles. The van der Waals surface area contributed by atoms with E-state index in [0.29, 0.717) is 6.10 Å². The first-order valence-corrected chi connectivity index (χ1v) is 9.40. The van der Waals surface area contributed by atoms with E-state index in [0.717, 1.165) is 25.6 Å². The molecule has 0 bridgehead atoms. The number of nitrogens with zero attached hydrogens (tertiary/aromatic N) is 2. The minimum Gasteiger partial charge on any atom is -0.376 e. The minimum atomic E-state index is 0.410. The molecule has 0 aliphatic carbocycles. The van der Waals surface area contributed by atoms with Gasteiger partial charge in [0.05, 0.1) is 12.7 Å². The van der Waals surface area contributed by atoms with Gasteiger partial charge in [-0.25, -0.2) is 0 Å². The van der Waals surface area contributed by atoms with Gasteiger partial charge in [0.2, 0.25) is 0 Å². The lowest BCUT2D eigenvalue weighted by Crippen LogP contribution is -2.45. The Hall–Kier alpha value is -0.900. The second-order valence-corrected chi connectivity index (χ2v) is 7.29. The van der Waals surface area contributed by atoms with Crippen LogP contribution in [0, 0.1) is 5.92 Å². The summed E-state index contributed by atoms with van der Waals surface area (Å²) < 4.78 is 5.62. The molecule has 2 aliphatic rings. The highest BCUT2D eigenvalue weighted by molar-refractivity contribution is 5.14. The Morgan fingerprint density at radius 2 is 1.74 bits per heavy atom. The third-order valence-electron chi connectivity index (χ3n) is 5.45. The maximum atomic E-state index is 5.62. The molecule has 0 unspecified atom stereocenters. The monoisotopic (exact) mass is 316 g/mol. The number of piperidine rings is 1. The first kappa shape index (κ1) is 16.9. The maximum absolute atomic E-state index is 5.62. The highest BCUT2D eigenvalue weighted by Gasteiger charge is 2.21. The highest BCUT2D eigenvalue weighted by Crippen LogP contribution is 2.22. The number of benzene rings is 1. The van der Waals surface area contributed by atoms with Crippen molar-refractivity contribution < 1.29 is 4.74 Å². The summed E-state index contributed by atoms with van der Waals surface area (Å²) in [6, 6.07) is 10.9. The van der Waals surface area contributed by atoms with Gasteiger partial charge in [0.15, 0.2) is 0 Å². The van der Waals surface area contributed by atoms with E-state index in [4.69, 9.17) is 4.74 Å². The van der Waals surface area contributed by atoms with Crippen molar-refractivity contribution in [3.8, 4) is 0 Å². The number of ether oxygens (including phenoxy) is 1. The predicted molar refractivity (Wildman–Crippen MR) is 95.8 cm³/mol. The van der Waals surface area contributed by atoms with E-state index in [1.165, 1.54) is 57.4 Å². The fraction of sp³-hybridized carbons (Fsp3) is 0.700. The van der Waals surface area contributed by atoms with Gasteiger partial charge >= 0.3 is 0 Å². The summed E-state index contributed by atoms with van der Waals surface area (Å²) in [6.07, 6.45) is 5.78. The lowest BCUT2D eigenvalue weighted by molar-refractivity contribution is -0.0214. The van der Waals surface area contributed by atoms with E-state index in [-0.39, 0.29) is 0 Å². The molecule has 1 atom stereocenters. The third-order valence-corrected chi connectivity index (χ3v) is 5.45. The van der Waals surface area contributed by atoms with Gasteiger partial charge in [0, 0.05) is 26.2 Å². The van der Waals surface area contributed by atoms with Crippen molar-refractivity contribution >= 4 is 0 Å². The third kappa shape index (κ3) is 5.59. The fourth-order valence-electron chi connectivity index (χ4n) is 3.89. The van der Waals surface area contributed by atoms with E-state index >= 15 is 0 Å². The molecular weight excluding hydrogens is 284 g/mol. The summed E-state index contributed by atoms with van der Waals surface area (Å²) in [4.78, 5) is 5.23. The highest BCUT2D eigenvalue weighted by atomic mass is 16.5. The zero-order valence-corrected chi connectivity index (χ0v) is 14.6. The van der Waals surface area contributed by atoms with Crippen LogP contribution in [0.4, 0.5) is 0 Å². The Morgan fingerprint density at radius 1 is 1.00 bits per heavy atom.